The van der Waals surface area contributed by atoms with E-state index in [1.165, 1.54) is 0 Å². The first-order valence-electron chi connectivity index (χ1n) is 8.87. The van der Waals surface area contributed by atoms with Gasteiger partial charge in [0, 0.05) is 25.2 Å². The highest BCUT2D eigenvalue weighted by molar-refractivity contribution is 5.93. The van der Waals surface area contributed by atoms with Crippen molar-refractivity contribution >= 4 is 5.91 Å². The predicted octanol–water partition coefficient (Wildman–Crippen LogP) is 2.11. The monoisotopic (exact) mass is 359 g/mol. The third-order valence-electron chi connectivity index (χ3n) is 4.39. The topological polar surface area (TPSA) is 76.8 Å². The maximum atomic E-state index is 12.4. The number of aromatic nitrogens is 1. The van der Waals surface area contributed by atoms with E-state index in [2.05, 4.69) is 15.2 Å². The van der Waals surface area contributed by atoms with Crippen LogP contribution in [0.3, 0.4) is 0 Å². The minimum atomic E-state index is -0.201. The highest BCUT2D eigenvalue weighted by Crippen LogP contribution is 2.24. The number of amides is 1. The second kappa shape index (κ2) is 8.82. The lowest BCUT2D eigenvalue weighted by atomic mass is 10.2. The van der Waals surface area contributed by atoms with E-state index in [0.29, 0.717) is 23.9 Å². The molecule has 0 atom stereocenters. The quantitative estimate of drug-likeness (QED) is 0.763. The Morgan fingerprint density at radius 3 is 2.69 bits per heavy atom. The molecular weight excluding hydrogens is 334 g/mol. The number of hydrogen-bond acceptors (Lipinski definition) is 6. The van der Waals surface area contributed by atoms with Crippen molar-refractivity contribution in [3.8, 4) is 17.2 Å². The first-order chi connectivity index (χ1) is 12.7. The Hall–Kier alpha value is -2.38. The number of hydrogen-bond donors (Lipinski definition) is 1. The fourth-order valence-corrected chi connectivity index (χ4v) is 2.88. The molecule has 1 aliphatic heterocycles. The maximum absolute atomic E-state index is 12.4. The molecule has 3 rings (SSSR count). The largest absolute Gasteiger partial charge is 0.497 e. The molecule has 26 heavy (non-hydrogen) atoms. The molecule has 2 heterocycles. The molecule has 0 saturated carbocycles. The molecule has 0 aliphatic carbocycles. The molecule has 7 nitrogen and oxygen atoms in total. The average Bonchev–Trinajstić information content (AvgIpc) is 3.08. The van der Waals surface area contributed by atoms with Crippen LogP contribution in [0, 0.1) is 6.92 Å². The van der Waals surface area contributed by atoms with Crippen LogP contribution in [-0.4, -0.2) is 62.3 Å². The molecule has 1 aromatic heterocycles. The lowest BCUT2D eigenvalue weighted by molar-refractivity contribution is 0.0374. The average molecular weight is 359 g/mol. The molecule has 1 N–H and O–H groups in total. The van der Waals surface area contributed by atoms with Crippen LogP contribution in [-0.2, 0) is 4.74 Å². The second-order valence-electron chi connectivity index (χ2n) is 6.22. The van der Waals surface area contributed by atoms with Crippen molar-refractivity contribution in [2.45, 2.75) is 13.3 Å². The summed E-state index contributed by atoms with van der Waals surface area (Å²) in [7, 11) is 1.62. The molecule has 7 heteroatoms. The van der Waals surface area contributed by atoms with Crippen molar-refractivity contribution in [2.24, 2.45) is 0 Å². The van der Waals surface area contributed by atoms with Gasteiger partial charge in [0.1, 0.15) is 11.5 Å². The SMILES string of the molecule is COc1ccc(-c2nc(C(=O)NCCCN3CCOCC3)c(C)o2)cc1. The zero-order chi connectivity index (χ0) is 18.4. The van der Waals surface area contributed by atoms with Gasteiger partial charge < -0.3 is 19.2 Å². The number of benzene rings is 1. The van der Waals surface area contributed by atoms with E-state index in [9.17, 15) is 4.79 Å². The minimum Gasteiger partial charge on any atom is -0.497 e. The van der Waals surface area contributed by atoms with Crippen molar-refractivity contribution < 1.29 is 18.7 Å². The molecule has 0 bridgehead atoms. The Morgan fingerprint density at radius 1 is 1.27 bits per heavy atom. The van der Waals surface area contributed by atoms with Gasteiger partial charge in [-0.25, -0.2) is 4.98 Å². The number of methoxy groups -OCH3 is 1. The van der Waals surface area contributed by atoms with E-state index in [-0.39, 0.29) is 5.91 Å². The van der Waals surface area contributed by atoms with Gasteiger partial charge in [0.15, 0.2) is 5.69 Å². The highest BCUT2D eigenvalue weighted by Gasteiger charge is 2.18. The van der Waals surface area contributed by atoms with Crippen LogP contribution in [0.2, 0.25) is 0 Å². The molecule has 1 aromatic carbocycles. The van der Waals surface area contributed by atoms with Gasteiger partial charge in [-0.3, -0.25) is 9.69 Å². The van der Waals surface area contributed by atoms with Crippen LogP contribution < -0.4 is 10.1 Å². The van der Waals surface area contributed by atoms with Gasteiger partial charge in [0.05, 0.1) is 20.3 Å². The number of nitrogens with one attached hydrogen (secondary N) is 1. The Labute approximate surface area is 153 Å². The number of carbonyl (C=O) groups excluding carboxylic acids is 1. The molecule has 1 aliphatic rings. The molecule has 0 spiro atoms. The summed E-state index contributed by atoms with van der Waals surface area (Å²) in [4.78, 5) is 19.1. The van der Waals surface area contributed by atoms with Gasteiger partial charge in [-0.05, 0) is 44.2 Å². The van der Waals surface area contributed by atoms with Gasteiger partial charge in [-0.15, -0.1) is 0 Å². The van der Waals surface area contributed by atoms with E-state index in [1.54, 1.807) is 14.0 Å². The Morgan fingerprint density at radius 2 is 2.00 bits per heavy atom. The Bertz CT molecular complexity index is 721. The van der Waals surface area contributed by atoms with E-state index < -0.39 is 0 Å². The zero-order valence-electron chi connectivity index (χ0n) is 15.3. The van der Waals surface area contributed by atoms with Gasteiger partial charge >= 0.3 is 0 Å². The molecule has 1 saturated heterocycles. The summed E-state index contributed by atoms with van der Waals surface area (Å²) in [5.74, 6) is 1.51. The molecule has 1 amide bonds. The fourth-order valence-electron chi connectivity index (χ4n) is 2.88. The van der Waals surface area contributed by atoms with Gasteiger partial charge in [0.2, 0.25) is 5.89 Å². The Balaban J connectivity index is 1.53. The van der Waals surface area contributed by atoms with E-state index in [4.69, 9.17) is 13.9 Å². The zero-order valence-corrected chi connectivity index (χ0v) is 15.3. The number of rotatable bonds is 7. The van der Waals surface area contributed by atoms with Gasteiger partial charge in [-0.2, -0.15) is 0 Å². The lowest BCUT2D eigenvalue weighted by Crippen LogP contribution is -2.38. The smallest absolute Gasteiger partial charge is 0.273 e. The molecular formula is C19H25N3O4. The third-order valence-corrected chi connectivity index (χ3v) is 4.39. The number of oxazole rings is 1. The van der Waals surface area contributed by atoms with Crippen molar-refractivity contribution in [2.75, 3.05) is 46.5 Å². The summed E-state index contributed by atoms with van der Waals surface area (Å²) in [6.07, 6.45) is 0.897. The Kier molecular flexibility index (Phi) is 6.25. The van der Waals surface area contributed by atoms with Crippen molar-refractivity contribution in [1.82, 2.24) is 15.2 Å². The van der Waals surface area contributed by atoms with Crippen LogP contribution in [0.5, 0.6) is 5.75 Å². The lowest BCUT2D eigenvalue weighted by Gasteiger charge is -2.26. The summed E-state index contributed by atoms with van der Waals surface area (Å²) >= 11 is 0. The molecule has 1 fully saturated rings. The number of nitrogens with zero attached hydrogens (tertiary/aromatic N) is 2. The number of morpholine rings is 1. The molecule has 0 unspecified atom stereocenters. The predicted molar refractivity (Wildman–Crippen MR) is 97.4 cm³/mol. The van der Waals surface area contributed by atoms with Crippen molar-refractivity contribution in [3.63, 3.8) is 0 Å². The first-order valence-corrected chi connectivity index (χ1v) is 8.87. The molecule has 2 aromatic rings. The van der Waals surface area contributed by atoms with Crippen LogP contribution >= 0.6 is 0 Å². The molecule has 0 radical (unpaired) electrons. The van der Waals surface area contributed by atoms with Crippen LogP contribution in [0.25, 0.3) is 11.5 Å². The van der Waals surface area contributed by atoms with Crippen LogP contribution in [0.1, 0.15) is 22.7 Å². The minimum absolute atomic E-state index is 0.201. The van der Waals surface area contributed by atoms with Crippen molar-refractivity contribution in [1.29, 1.82) is 0 Å². The van der Waals surface area contributed by atoms with Gasteiger partial charge in [0.25, 0.3) is 5.91 Å². The fraction of sp³-hybridized carbons (Fsp3) is 0.474. The summed E-state index contributed by atoms with van der Waals surface area (Å²) in [6.45, 7) is 6.82. The first kappa shape index (κ1) is 18.4. The van der Waals surface area contributed by atoms with Crippen molar-refractivity contribution in [3.05, 3.63) is 35.7 Å². The number of aryl methyl sites for hydroxylation is 1. The maximum Gasteiger partial charge on any atom is 0.273 e. The number of carbonyl (C=O) groups is 1. The normalized spacial score (nSPS) is 15.0. The third kappa shape index (κ3) is 4.62. The number of ether oxygens (including phenoxy) is 2. The summed E-state index contributed by atoms with van der Waals surface area (Å²) < 4.78 is 16.1. The standard InChI is InChI=1S/C19H25N3O4/c1-14-17(18(23)20-8-3-9-22-10-12-25-13-11-22)21-19(26-14)15-4-6-16(24-2)7-5-15/h4-7H,3,8-13H2,1-2H3,(H,20,23). The summed E-state index contributed by atoms with van der Waals surface area (Å²) in [6, 6.07) is 7.38. The van der Waals surface area contributed by atoms with E-state index >= 15 is 0 Å². The van der Waals surface area contributed by atoms with Crippen LogP contribution in [0.15, 0.2) is 28.7 Å². The van der Waals surface area contributed by atoms with E-state index in [1.807, 2.05) is 24.3 Å². The summed E-state index contributed by atoms with van der Waals surface area (Å²) in [5.41, 5.74) is 1.14. The molecule has 140 valence electrons. The highest BCUT2D eigenvalue weighted by atomic mass is 16.5. The van der Waals surface area contributed by atoms with E-state index in [0.717, 1.165) is 50.6 Å². The summed E-state index contributed by atoms with van der Waals surface area (Å²) in [5, 5.41) is 2.92. The van der Waals surface area contributed by atoms with Crippen LogP contribution in [0.4, 0.5) is 0 Å². The van der Waals surface area contributed by atoms with Gasteiger partial charge in [-0.1, -0.05) is 0 Å². The second-order valence-corrected chi connectivity index (χ2v) is 6.22.